The molecule has 3 rings (SSSR count). The van der Waals surface area contributed by atoms with Gasteiger partial charge >= 0.3 is 5.97 Å². The van der Waals surface area contributed by atoms with Crippen molar-refractivity contribution < 1.29 is 19.0 Å². The molecule has 0 spiro atoms. The molecular formula is C10H6BrFO3. The van der Waals surface area contributed by atoms with Crippen molar-refractivity contribution in [3.05, 3.63) is 27.5 Å². The molecule has 2 atom stereocenters. The Hall–Kier alpha value is -1.10. The maximum absolute atomic E-state index is 13.8. The summed E-state index contributed by atoms with van der Waals surface area (Å²) in [7, 11) is 0. The molecule has 0 saturated heterocycles. The van der Waals surface area contributed by atoms with Crippen LogP contribution in [0, 0.1) is 5.82 Å². The number of fused-ring (bicyclic) bond motifs is 3. The molecule has 0 amide bonds. The fourth-order valence-corrected chi connectivity index (χ4v) is 2.48. The number of hydrogen-bond acceptors (Lipinski definition) is 2. The van der Waals surface area contributed by atoms with Crippen LogP contribution in [-0.2, 0) is 0 Å². The highest BCUT2D eigenvalue weighted by atomic mass is 79.9. The molecule has 1 aliphatic carbocycles. The number of aromatic carboxylic acids is 1. The van der Waals surface area contributed by atoms with Crippen LogP contribution < -0.4 is 4.74 Å². The molecule has 2 aliphatic rings. The zero-order chi connectivity index (χ0) is 10.7. The summed E-state index contributed by atoms with van der Waals surface area (Å²) in [6.45, 7) is 0. The summed E-state index contributed by atoms with van der Waals surface area (Å²) in [5.74, 6) is -1.14. The summed E-state index contributed by atoms with van der Waals surface area (Å²) in [4.78, 5) is 10.8. The molecular weight excluding hydrogens is 267 g/mol. The van der Waals surface area contributed by atoms with Crippen molar-refractivity contribution in [3.8, 4) is 5.75 Å². The highest BCUT2D eigenvalue weighted by molar-refractivity contribution is 9.10. The third-order valence-electron chi connectivity index (χ3n) is 2.82. The van der Waals surface area contributed by atoms with Crippen LogP contribution in [0.5, 0.6) is 5.75 Å². The van der Waals surface area contributed by atoms with E-state index in [4.69, 9.17) is 9.84 Å². The Morgan fingerprint density at radius 3 is 3.07 bits per heavy atom. The molecule has 5 heteroatoms. The Balaban J connectivity index is 2.24. The van der Waals surface area contributed by atoms with Crippen LogP contribution in [0.15, 0.2) is 10.5 Å². The zero-order valence-corrected chi connectivity index (χ0v) is 9.04. The van der Waals surface area contributed by atoms with Crippen LogP contribution in [0.1, 0.15) is 28.3 Å². The van der Waals surface area contributed by atoms with Gasteiger partial charge in [0.1, 0.15) is 17.7 Å². The second-order valence-corrected chi connectivity index (χ2v) is 4.56. The normalized spacial score (nSPS) is 25.5. The summed E-state index contributed by atoms with van der Waals surface area (Å²) in [5.41, 5.74) is 0.435. The Bertz CT molecular complexity index is 486. The van der Waals surface area contributed by atoms with Gasteiger partial charge in [-0.05, 0) is 28.4 Å². The number of carboxylic acids is 1. The summed E-state index contributed by atoms with van der Waals surface area (Å²) in [5, 5.41) is 8.85. The lowest BCUT2D eigenvalue weighted by Crippen LogP contribution is -2.02. The minimum atomic E-state index is -1.16. The largest absolute Gasteiger partial charge is 0.489 e. The van der Waals surface area contributed by atoms with E-state index in [9.17, 15) is 9.18 Å². The molecule has 0 bridgehead atoms. The first-order valence-electron chi connectivity index (χ1n) is 4.51. The number of carboxylic acid groups (broad SMARTS) is 1. The molecule has 15 heavy (non-hydrogen) atoms. The van der Waals surface area contributed by atoms with Crippen LogP contribution >= 0.6 is 15.9 Å². The van der Waals surface area contributed by atoms with Crippen molar-refractivity contribution >= 4 is 21.9 Å². The van der Waals surface area contributed by atoms with Gasteiger partial charge in [-0.3, -0.25) is 0 Å². The van der Waals surface area contributed by atoms with Crippen molar-refractivity contribution in [3.63, 3.8) is 0 Å². The van der Waals surface area contributed by atoms with Crippen molar-refractivity contribution in [2.75, 3.05) is 0 Å². The first-order valence-corrected chi connectivity index (χ1v) is 5.30. The molecule has 0 radical (unpaired) electrons. The smallest absolute Gasteiger partial charge is 0.337 e. The van der Waals surface area contributed by atoms with Crippen LogP contribution in [0.4, 0.5) is 4.39 Å². The molecule has 1 heterocycles. The maximum atomic E-state index is 13.8. The quantitative estimate of drug-likeness (QED) is 0.855. The monoisotopic (exact) mass is 272 g/mol. The SMILES string of the molecule is O=C(O)c1cc2c(c(F)c1Br)C1CC1O2. The van der Waals surface area contributed by atoms with E-state index >= 15 is 0 Å². The average molecular weight is 273 g/mol. The lowest BCUT2D eigenvalue weighted by Gasteiger charge is -2.08. The zero-order valence-electron chi connectivity index (χ0n) is 7.46. The minimum absolute atomic E-state index is 0.0184. The standard InChI is InChI=1S/C10H6BrFO3/c11-8-4(10(13)14)2-6-7(9(8)12)3-1-5(3)15-6/h2-3,5H,1H2,(H,13,14). The van der Waals surface area contributed by atoms with Gasteiger partial charge < -0.3 is 9.84 Å². The number of hydrogen-bond donors (Lipinski definition) is 1. The van der Waals surface area contributed by atoms with E-state index in [2.05, 4.69) is 15.9 Å². The van der Waals surface area contributed by atoms with Gasteiger partial charge in [0.05, 0.1) is 10.0 Å². The summed E-state index contributed by atoms with van der Waals surface area (Å²) in [6.07, 6.45) is 0.897. The van der Waals surface area contributed by atoms with Crippen molar-refractivity contribution in [1.29, 1.82) is 0 Å². The second kappa shape index (κ2) is 2.72. The maximum Gasteiger partial charge on any atom is 0.337 e. The summed E-state index contributed by atoms with van der Waals surface area (Å²) in [6, 6.07) is 1.39. The molecule has 1 fully saturated rings. The van der Waals surface area contributed by atoms with Gasteiger partial charge in [-0.25, -0.2) is 9.18 Å². The van der Waals surface area contributed by atoms with Crippen LogP contribution in [0.2, 0.25) is 0 Å². The fourth-order valence-electron chi connectivity index (χ4n) is 1.98. The van der Waals surface area contributed by atoms with Crippen molar-refractivity contribution in [2.45, 2.75) is 18.4 Å². The topological polar surface area (TPSA) is 46.5 Å². The minimum Gasteiger partial charge on any atom is -0.489 e. The number of halogens is 2. The van der Waals surface area contributed by atoms with Gasteiger partial charge in [-0.2, -0.15) is 0 Å². The molecule has 3 nitrogen and oxygen atoms in total. The third kappa shape index (κ3) is 1.13. The predicted octanol–water partition coefficient (Wildman–Crippen LogP) is 2.53. The van der Waals surface area contributed by atoms with E-state index in [1.165, 1.54) is 6.07 Å². The fraction of sp³-hybridized carbons (Fsp3) is 0.300. The first-order chi connectivity index (χ1) is 7.09. The van der Waals surface area contributed by atoms with Crippen molar-refractivity contribution in [1.82, 2.24) is 0 Å². The molecule has 1 N–H and O–H groups in total. The highest BCUT2D eigenvalue weighted by Crippen LogP contribution is 2.55. The lowest BCUT2D eigenvalue weighted by molar-refractivity contribution is 0.0694. The number of ether oxygens (including phenoxy) is 1. The molecule has 1 aromatic carbocycles. The number of benzene rings is 1. The summed E-state index contributed by atoms with van der Waals surface area (Å²) < 4.78 is 19.2. The molecule has 2 unspecified atom stereocenters. The van der Waals surface area contributed by atoms with E-state index in [-0.39, 0.29) is 22.1 Å². The van der Waals surface area contributed by atoms with Crippen LogP contribution in [0.3, 0.4) is 0 Å². The van der Waals surface area contributed by atoms with E-state index in [1.54, 1.807) is 0 Å². The molecule has 0 aromatic heterocycles. The van der Waals surface area contributed by atoms with Gasteiger partial charge in [-0.1, -0.05) is 0 Å². The van der Waals surface area contributed by atoms with Gasteiger partial charge in [0, 0.05) is 11.5 Å². The van der Waals surface area contributed by atoms with Gasteiger partial charge in [0.25, 0.3) is 0 Å². The molecule has 78 valence electrons. The first kappa shape index (κ1) is 9.15. The average Bonchev–Trinajstić information content (AvgIpc) is 2.83. The van der Waals surface area contributed by atoms with Crippen LogP contribution in [-0.4, -0.2) is 17.2 Å². The molecule has 1 aromatic rings. The number of rotatable bonds is 1. The Morgan fingerprint density at radius 2 is 2.40 bits per heavy atom. The third-order valence-corrected chi connectivity index (χ3v) is 3.59. The van der Waals surface area contributed by atoms with E-state index < -0.39 is 11.8 Å². The van der Waals surface area contributed by atoms with Gasteiger partial charge in [-0.15, -0.1) is 0 Å². The Morgan fingerprint density at radius 1 is 1.67 bits per heavy atom. The molecule has 1 saturated carbocycles. The lowest BCUT2D eigenvalue weighted by atomic mass is 10.1. The van der Waals surface area contributed by atoms with Crippen molar-refractivity contribution in [2.24, 2.45) is 0 Å². The van der Waals surface area contributed by atoms with E-state index in [0.29, 0.717) is 11.3 Å². The van der Waals surface area contributed by atoms with E-state index in [0.717, 1.165) is 6.42 Å². The Kier molecular flexibility index (Phi) is 1.66. The van der Waals surface area contributed by atoms with Gasteiger partial charge in [0.2, 0.25) is 0 Å². The molecule has 1 aliphatic heterocycles. The number of carbonyl (C=O) groups is 1. The summed E-state index contributed by atoms with van der Waals surface area (Å²) >= 11 is 2.97. The van der Waals surface area contributed by atoms with Gasteiger partial charge in [0.15, 0.2) is 0 Å². The Labute approximate surface area is 93.0 Å². The van der Waals surface area contributed by atoms with E-state index in [1.807, 2.05) is 0 Å². The second-order valence-electron chi connectivity index (χ2n) is 3.77. The van der Waals surface area contributed by atoms with Crippen LogP contribution in [0.25, 0.3) is 0 Å². The highest BCUT2D eigenvalue weighted by Gasteiger charge is 2.50. The predicted molar refractivity (Wildman–Crippen MR) is 52.8 cm³/mol.